The molecule has 2 rings (SSSR count). The van der Waals surface area contributed by atoms with Crippen molar-refractivity contribution in [2.24, 2.45) is 7.05 Å². The third kappa shape index (κ3) is 1.63. The van der Waals surface area contributed by atoms with E-state index in [0.29, 0.717) is 16.2 Å². The fourth-order valence-electron chi connectivity index (χ4n) is 1.45. The first-order valence-electron chi connectivity index (χ1n) is 4.55. The normalized spacial score (nSPS) is 10.3. The molecule has 0 spiro atoms. The van der Waals surface area contributed by atoms with Crippen LogP contribution in [0.25, 0.3) is 11.4 Å². The Bertz CT molecular complexity index is 600. The Morgan fingerprint density at radius 1 is 1.50 bits per heavy atom. The molecule has 0 aliphatic rings. The molecule has 1 aromatic carbocycles. The van der Waals surface area contributed by atoms with Gasteiger partial charge in [-0.25, -0.2) is 4.79 Å². The summed E-state index contributed by atoms with van der Waals surface area (Å²) in [7, 11) is 1.74. The van der Waals surface area contributed by atoms with Crippen LogP contribution in [0.3, 0.4) is 0 Å². The van der Waals surface area contributed by atoms with Gasteiger partial charge in [-0.3, -0.25) is 5.10 Å². The van der Waals surface area contributed by atoms with Crippen LogP contribution >= 0.6 is 12.2 Å². The smallest absolute Gasteiger partial charge is 0.336 e. The van der Waals surface area contributed by atoms with Gasteiger partial charge in [0.25, 0.3) is 0 Å². The molecule has 0 amide bonds. The van der Waals surface area contributed by atoms with Crippen LogP contribution in [0, 0.1) is 4.77 Å². The Balaban J connectivity index is 2.69. The molecule has 0 radical (unpaired) electrons. The number of rotatable bonds is 2. The molecule has 0 saturated carbocycles. The lowest BCUT2D eigenvalue weighted by molar-refractivity contribution is 0.0697. The zero-order valence-corrected chi connectivity index (χ0v) is 9.28. The fourth-order valence-corrected chi connectivity index (χ4v) is 1.58. The Morgan fingerprint density at radius 2 is 2.19 bits per heavy atom. The van der Waals surface area contributed by atoms with Crippen LogP contribution in [0.5, 0.6) is 0 Å². The zero-order valence-electron chi connectivity index (χ0n) is 8.47. The minimum atomic E-state index is -0.982. The van der Waals surface area contributed by atoms with Gasteiger partial charge in [0, 0.05) is 12.6 Å². The first kappa shape index (κ1) is 10.6. The van der Waals surface area contributed by atoms with E-state index in [1.807, 2.05) is 0 Å². The van der Waals surface area contributed by atoms with E-state index in [4.69, 9.17) is 17.3 Å². The first-order valence-corrected chi connectivity index (χ1v) is 4.96. The molecule has 82 valence electrons. The van der Waals surface area contributed by atoms with Gasteiger partial charge in [0.05, 0.1) is 5.56 Å². The highest BCUT2D eigenvalue weighted by Crippen LogP contribution is 2.21. The van der Waals surface area contributed by atoms with Gasteiger partial charge < -0.3 is 9.67 Å². The maximum atomic E-state index is 11.0. The third-order valence-electron chi connectivity index (χ3n) is 2.28. The van der Waals surface area contributed by atoms with Crippen LogP contribution in [0.15, 0.2) is 24.3 Å². The maximum Gasteiger partial charge on any atom is 0.336 e. The van der Waals surface area contributed by atoms with E-state index in [-0.39, 0.29) is 5.56 Å². The number of aromatic amines is 1. The van der Waals surface area contributed by atoms with Gasteiger partial charge >= 0.3 is 5.97 Å². The largest absolute Gasteiger partial charge is 0.478 e. The predicted molar refractivity (Wildman–Crippen MR) is 60.8 cm³/mol. The maximum absolute atomic E-state index is 11.0. The SMILES string of the molecule is Cn1c(-c2ccccc2C(=O)O)n[nH]c1=S. The number of nitrogens with one attached hydrogen (secondary N) is 1. The molecule has 16 heavy (non-hydrogen) atoms. The van der Waals surface area contributed by atoms with Crippen LogP contribution in [0.4, 0.5) is 0 Å². The topological polar surface area (TPSA) is 70.9 Å². The number of hydrogen-bond acceptors (Lipinski definition) is 3. The van der Waals surface area contributed by atoms with Crippen LogP contribution < -0.4 is 0 Å². The van der Waals surface area contributed by atoms with Crippen molar-refractivity contribution in [1.82, 2.24) is 14.8 Å². The summed E-state index contributed by atoms with van der Waals surface area (Å²) in [5, 5.41) is 15.7. The summed E-state index contributed by atoms with van der Waals surface area (Å²) in [4.78, 5) is 11.0. The summed E-state index contributed by atoms with van der Waals surface area (Å²) in [5.41, 5.74) is 0.754. The summed E-state index contributed by atoms with van der Waals surface area (Å²) >= 11 is 4.98. The van der Waals surface area contributed by atoms with Crippen LogP contribution in [0.1, 0.15) is 10.4 Å². The van der Waals surface area contributed by atoms with E-state index in [9.17, 15) is 4.79 Å². The summed E-state index contributed by atoms with van der Waals surface area (Å²) in [6.07, 6.45) is 0. The number of carboxylic acids is 1. The molecule has 5 nitrogen and oxygen atoms in total. The average Bonchev–Trinajstić information content (AvgIpc) is 2.60. The molecule has 0 fully saturated rings. The number of carbonyl (C=O) groups is 1. The predicted octanol–water partition coefficient (Wildman–Crippen LogP) is 1.84. The lowest BCUT2D eigenvalue weighted by atomic mass is 10.1. The molecular formula is C10H9N3O2S. The molecule has 0 unspecified atom stereocenters. The van der Waals surface area contributed by atoms with Gasteiger partial charge in [0.15, 0.2) is 10.6 Å². The molecule has 0 atom stereocenters. The summed E-state index contributed by atoms with van der Waals surface area (Å²) < 4.78 is 2.09. The van der Waals surface area contributed by atoms with Crippen molar-refractivity contribution in [1.29, 1.82) is 0 Å². The Labute approximate surface area is 96.4 Å². The average molecular weight is 235 g/mol. The van der Waals surface area contributed by atoms with E-state index < -0.39 is 5.97 Å². The number of aromatic carboxylic acids is 1. The van der Waals surface area contributed by atoms with E-state index in [2.05, 4.69) is 10.2 Å². The quantitative estimate of drug-likeness (QED) is 0.779. The molecule has 2 aromatic rings. The standard InChI is InChI=1S/C10H9N3O2S/c1-13-8(11-12-10(13)16)6-4-2-3-5-7(6)9(14)15/h2-5H,1H3,(H,12,16)(H,14,15). The van der Waals surface area contributed by atoms with Crippen molar-refractivity contribution < 1.29 is 9.90 Å². The number of aromatic nitrogens is 3. The van der Waals surface area contributed by atoms with Crippen molar-refractivity contribution in [3.8, 4) is 11.4 Å². The Morgan fingerprint density at radius 3 is 2.75 bits per heavy atom. The number of H-pyrrole nitrogens is 1. The highest BCUT2D eigenvalue weighted by Gasteiger charge is 2.14. The highest BCUT2D eigenvalue weighted by atomic mass is 32.1. The molecule has 6 heteroatoms. The van der Waals surface area contributed by atoms with Crippen molar-refractivity contribution in [2.45, 2.75) is 0 Å². The summed E-state index contributed by atoms with van der Waals surface area (Å²) in [5.74, 6) is -0.465. The van der Waals surface area contributed by atoms with Crippen LogP contribution in [0.2, 0.25) is 0 Å². The van der Waals surface area contributed by atoms with Gasteiger partial charge in [-0.05, 0) is 18.3 Å². The summed E-state index contributed by atoms with van der Waals surface area (Å²) in [6, 6.07) is 6.68. The monoisotopic (exact) mass is 235 g/mol. The van der Waals surface area contributed by atoms with Crippen molar-refractivity contribution in [3.05, 3.63) is 34.6 Å². The molecule has 0 aliphatic heterocycles. The van der Waals surface area contributed by atoms with Crippen LogP contribution in [-0.4, -0.2) is 25.8 Å². The van der Waals surface area contributed by atoms with Crippen molar-refractivity contribution in [2.75, 3.05) is 0 Å². The zero-order chi connectivity index (χ0) is 11.7. The molecule has 2 N–H and O–H groups in total. The molecule has 1 aromatic heterocycles. The second-order valence-electron chi connectivity index (χ2n) is 3.26. The Hall–Kier alpha value is -1.95. The second kappa shape index (κ2) is 3.90. The van der Waals surface area contributed by atoms with E-state index in [1.165, 1.54) is 6.07 Å². The van der Waals surface area contributed by atoms with E-state index in [1.54, 1.807) is 29.8 Å². The third-order valence-corrected chi connectivity index (χ3v) is 2.64. The number of carboxylic acid groups (broad SMARTS) is 1. The van der Waals surface area contributed by atoms with Gasteiger partial charge in [0.2, 0.25) is 0 Å². The van der Waals surface area contributed by atoms with Crippen molar-refractivity contribution in [3.63, 3.8) is 0 Å². The van der Waals surface area contributed by atoms with Crippen LogP contribution in [-0.2, 0) is 7.05 Å². The molecule has 0 saturated heterocycles. The molecule has 0 aliphatic carbocycles. The summed E-state index contributed by atoms with van der Waals surface area (Å²) in [6.45, 7) is 0. The van der Waals surface area contributed by atoms with E-state index in [0.717, 1.165) is 0 Å². The van der Waals surface area contributed by atoms with Crippen molar-refractivity contribution >= 4 is 18.2 Å². The minimum absolute atomic E-state index is 0.208. The highest BCUT2D eigenvalue weighted by molar-refractivity contribution is 7.71. The molecule has 0 bridgehead atoms. The van der Waals surface area contributed by atoms with Gasteiger partial charge in [-0.2, -0.15) is 5.10 Å². The lowest BCUT2D eigenvalue weighted by Crippen LogP contribution is -2.02. The minimum Gasteiger partial charge on any atom is -0.478 e. The lowest BCUT2D eigenvalue weighted by Gasteiger charge is -2.04. The number of benzene rings is 1. The Kier molecular flexibility index (Phi) is 2.57. The van der Waals surface area contributed by atoms with Gasteiger partial charge in [0.1, 0.15) is 0 Å². The molecular weight excluding hydrogens is 226 g/mol. The number of nitrogens with zero attached hydrogens (tertiary/aromatic N) is 2. The number of hydrogen-bond donors (Lipinski definition) is 2. The van der Waals surface area contributed by atoms with Gasteiger partial charge in [-0.15, -0.1) is 0 Å². The second-order valence-corrected chi connectivity index (χ2v) is 3.65. The molecule has 1 heterocycles. The van der Waals surface area contributed by atoms with E-state index >= 15 is 0 Å². The fraction of sp³-hybridized carbons (Fsp3) is 0.100. The first-order chi connectivity index (χ1) is 7.61. The van der Waals surface area contributed by atoms with Gasteiger partial charge in [-0.1, -0.05) is 18.2 Å².